The third-order valence-electron chi connectivity index (χ3n) is 3.05. The highest BCUT2D eigenvalue weighted by Gasteiger charge is 2.21. The molecule has 1 rings (SSSR count). The molecule has 1 aromatic carbocycles. The molecule has 0 radical (unpaired) electrons. The minimum absolute atomic E-state index is 0.0900. The van der Waals surface area contributed by atoms with Crippen LogP contribution in [-0.4, -0.2) is 16.8 Å². The summed E-state index contributed by atoms with van der Waals surface area (Å²) < 4.78 is 0. The number of benzene rings is 1. The van der Waals surface area contributed by atoms with Crippen LogP contribution in [0.5, 0.6) is 0 Å². The summed E-state index contributed by atoms with van der Waals surface area (Å²) in [5.74, 6) is 0. The summed E-state index contributed by atoms with van der Waals surface area (Å²) >= 11 is 0. The molecule has 1 aromatic rings. The van der Waals surface area contributed by atoms with Gasteiger partial charge in [-0.2, -0.15) is 0 Å². The molecule has 1 unspecified atom stereocenters. The second-order valence-corrected chi connectivity index (χ2v) is 4.89. The van der Waals surface area contributed by atoms with Crippen molar-refractivity contribution in [1.82, 2.24) is 0 Å². The maximum Gasteiger partial charge on any atom is 0.0871 e. The first kappa shape index (κ1) is 13.9. The Balaban J connectivity index is 2.65. The molecule has 0 fully saturated rings. The van der Waals surface area contributed by atoms with Gasteiger partial charge in [0.25, 0.3) is 0 Å². The van der Waals surface area contributed by atoms with Gasteiger partial charge in [0.05, 0.1) is 12.2 Å². The van der Waals surface area contributed by atoms with Gasteiger partial charge in [0, 0.05) is 0 Å². The highest BCUT2D eigenvalue weighted by Crippen LogP contribution is 2.26. The number of aryl methyl sites for hydroxylation is 1. The lowest BCUT2D eigenvalue weighted by Gasteiger charge is -2.23. The topological polar surface area (TPSA) is 40.5 Å². The Labute approximate surface area is 104 Å². The summed E-state index contributed by atoms with van der Waals surface area (Å²) in [6.45, 7) is 5.85. The van der Waals surface area contributed by atoms with E-state index in [0.29, 0.717) is 6.42 Å². The minimum Gasteiger partial charge on any atom is -0.392 e. The van der Waals surface area contributed by atoms with Crippen molar-refractivity contribution < 1.29 is 10.2 Å². The van der Waals surface area contributed by atoms with Crippen molar-refractivity contribution in [3.63, 3.8) is 0 Å². The normalized spacial score (nSPS) is 15.7. The van der Waals surface area contributed by atoms with Crippen molar-refractivity contribution in [3.05, 3.63) is 47.0 Å². The highest BCUT2D eigenvalue weighted by molar-refractivity contribution is 5.26. The fourth-order valence-corrected chi connectivity index (χ4v) is 1.72. The molecule has 1 atom stereocenters. The van der Waals surface area contributed by atoms with E-state index in [1.807, 2.05) is 51.1 Å². The Bertz CT molecular complexity index is 374. The zero-order chi connectivity index (χ0) is 12.9. The van der Waals surface area contributed by atoms with Gasteiger partial charge in [-0.15, -0.1) is 0 Å². The van der Waals surface area contributed by atoms with Crippen molar-refractivity contribution in [1.29, 1.82) is 0 Å². The number of allylic oxidation sites excluding steroid dienone is 1. The lowest BCUT2D eigenvalue weighted by Crippen LogP contribution is -2.20. The van der Waals surface area contributed by atoms with Crippen LogP contribution in [0.4, 0.5) is 0 Å². The molecule has 0 aliphatic rings. The Kier molecular flexibility index (Phi) is 4.91. The minimum atomic E-state index is -0.806. The second kappa shape index (κ2) is 5.99. The molecule has 0 aliphatic carbocycles. The first-order chi connectivity index (χ1) is 7.95. The van der Waals surface area contributed by atoms with Crippen LogP contribution in [0.3, 0.4) is 0 Å². The lowest BCUT2D eigenvalue weighted by molar-refractivity contribution is 0.0487. The van der Waals surface area contributed by atoms with Crippen LogP contribution < -0.4 is 0 Å². The highest BCUT2D eigenvalue weighted by atomic mass is 16.3. The second-order valence-electron chi connectivity index (χ2n) is 4.89. The summed E-state index contributed by atoms with van der Waals surface area (Å²) in [6, 6.07) is 7.97. The van der Waals surface area contributed by atoms with Gasteiger partial charge in [-0.05, 0) is 39.2 Å². The summed E-state index contributed by atoms with van der Waals surface area (Å²) in [7, 11) is 0. The fraction of sp³-hybridized carbons (Fsp3) is 0.467. The molecule has 2 N–H and O–H groups in total. The van der Waals surface area contributed by atoms with Crippen LogP contribution in [0.1, 0.15) is 37.8 Å². The van der Waals surface area contributed by atoms with Gasteiger partial charge in [-0.25, -0.2) is 0 Å². The SMILES string of the molecule is C/C(=C/CCC(C)(O)c1ccc(C)cc1)CO. The number of hydrogen-bond donors (Lipinski definition) is 2. The molecule has 0 spiro atoms. The molecule has 0 saturated carbocycles. The molecule has 94 valence electrons. The maximum absolute atomic E-state index is 10.4. The molecule has 0 aliphatic heterocycles. The van der Waals surface area contributed by atoms with E-state index < -0.39 is 5.60 Å². The van der Waals surface area contributed by atoms with Crippen molar-refractivity contribution in [2.75, 3.05) is 6.61 Å². The smallest absolute Gasteiger partial charge is 0.0871 e. The van der Waals surface area contributed by atoms with Crippen molar-refractivity contribution in [2.45, 2.75) is 39.2 Å². The first-order valence-electron chi connectivity index (χ1n) is 6.02. The van der Waals surface area contributed by atoms with Crippen LogP contribution in [-0.2, 0) is 5.60 Å². The van der Waals surface area contributed by atoms with Crippen LogP contribution in [0.25, 0.3) is 0 Å². The Morgan fingerprint density at radius 2 is 1.88 bits per heavy atom. The maximum atomic E-state index is 10.4. The van der Waals surface area contributed by atoms with E-state index in [9.17, 15) is 5.11 Å². The summed E-state index contributed by atoms with van der Waals surface area (Å²) in [5, 5.41) is 19.3. The number of hydrogen-bond acceptors (Lipinski definition) is 2. The standard InChI is InChI=1S/C15H22O2/c1-12-6-8-14(9-7-12)15(3,17)10-4-5-13(2)11-16/h5-9,16-17H,4,10-11H2,1-3H3/b13-5-. The Morgan fingerprint density at radius 1 is 1.29 bits per heavy atom. The molecular weight excluding hydrogens is 212 g/mol. The predicted molar refractivity (Wildman–Crippen MR) is 70.8 cm³/mol. The van der Waals surface area contributed by atoms with E-state index in [4.69, 9.17) is 5.11 Å². The van der Waals surface area contributed by atoms with E-state index in [1.165, 1.54) is 5.56 Å². The molecule has 0 saturated heterocycles. The van der Waals surface area contributed by atoms with Gasteiger partial charge in [-0.1, -0.05) is 41.5 Å². The van der Waals surface area contributed by atoms with Crippen molar-refractivity contribution >= 4 is 0 Å². The number of rotatable bonds is 5. The quantitative estimate of drug-likeness (QED) is 0.769. The number of aliphatic hydroxyl groups is 2. The fourth-order valence-electron chi connectivity index (χ4n) is 1.72. The van der Waals surface area contributed by atoms with Gasteiger partial charge in [0.1, 0.15) is 0 Å². The van der Waals surface area contributed by atoms with Gasteiger partial charge < -0.3 is 10.2 Å². The average molecular weight is 234 g/mol. The van der Waals surface area contributed by atoms with Crippen molar-refractivity contribution in [3.8, 4) is 0 Å². The average Bonchev–Trinajstić information content (AvgIpc) is 2.29. The van der Waals surface area contributed by atoms with Crippen LogP contribution in [0.15, 0.2) is 35.9 Å². The molecule has 17 heavy (non-hydrogen) atoms. The van der Waals surface area contributed by atoms with Gasteiger partial charge >= 0.3 is 0 Å². The van der Waals surface area contributed by atoms with Gasteiger partial charge in [0.2, 0.25) is 0 Å². The van der Waals surface area contributed by atoms with Crippen LogP contribution in [0, 0.1) is 6.92 Å². The van der Waals surface area contributed by atoms with Crippen LogP contribution in [0.2, 0.25) is 0 Å². The monoisotopic (exact) mass is 234 g/mol. The first-order valence-corrected chi connectivity index (χ1v) is 6.02. The number of aliphatic hydroxyl groups excluding tert-OH is 1. The molecule has 0 aromatic heterocycles. The molecule has 2 nitrogen and oxygen atoms in total. The van der Waals surface area contributed by atoms with E-state index in [-0.39, 0.29) is 6.61 Å². The van der Waals surface area contributed by atoms with E-state index in [0.717, 1.165) is 17.6 Å². The molecular formula is C15H22O2. The summed E-state index contributed by atoms with van der Waals surface area (Å²) in [6.07, 6.45) is 3.41. The van der Waals surface area contributed by atoms with Gasteiger partial charge in [-0.3, -0.25) is 0 Å². The van der Waals surface area contributed by atoms with E-state index >= 15 is 0 Å². The summed E-state index contributed by atoms with van der Waals surface area (Å²) in [5.41, 5.74) is 2.28. The third-order valence-corrected chi connectivity index (χ3v) is 3.05. The predicted octanol–water partition coefficient (Wildman–Crippen LogP) is 2.92. The third kappa shape index (κ3) is 4.33. The Hall–Kier alpha value is -1.12. The van der Waals surface area contributed by atoms with Crippen LogP contribution >= 0.6 is 0 Å². The lowest BCUT2D eigenvalue weighted by atomic mass is 9.90. The molecule has 0 heterocycles. The van der Waals surface area contributed by atoms with E-state index in [1.54, 1.807) is 0 Å². The largest absolute Gasteiger partial charge is 0.392 e. The zero-order valence-corrected chi connectivity index (χ0v) is 10.9. The zero-order valence-electron chi connectivity index (χ0n) is 10.9. The molecule has 2 heteroatoms. The van der Waals surface area contributed by atoms with Crippen molar-refractivity contribution in [2.24, 2.45) is 0 Å². The molecule has 0 amide bonds. The van der Waals surface area contributed by atoms with Gasteiger partial charge in [0.15, 0.2) is 0 Å². The molecule has 0 bridgehead atoms. The summed E-state index contributed by atoms with van der Waals surface area (Å²) in [4.78, 5) is 0. The Morgan fingerprint density at radius 3 is 2.41 bits per heavy atom. The van der Waals surface area contributed by atoms with E-state index in [2.05, 4.69) is 0 Å².